The van der Waals surface area contributed by atoms with Crippen molar-refractivity contribution in [2.75, 3.05) is 106 Å². The van der Waals surface area contributed by atoms with E-state index in [4.69, 9.17) is 42.6 Å². The maximum Gasteiger partial charge on any atom is 0.308 e. The second kappa shape index (κ2) is 36.0. The van der Waals surface area contributed by atoms with Crippen molar-refractivity contribution >= 4 is 5.97 Å². The minimum Gasteiger partial charge on any atom is -0.491 e. The quantitative estimate of drug-likeness (QED) is 0.0519. The average Bonchev–Trinajstić information content (AvgIpc) is 3.12. The third kappa shape index (κ3) is 29.6. The lowest BCUT2D eigenvalue weighted by atomic mass is 10.00. The lowest BCUT2D eigenvalue weighted by molar-refractivity contribution is -0.150. The molecule has 0 fully saturated rings. The first-order valence-electron chi connectivity index (χ1n) is 19.1. The third-order valence-corrected chi connectivity index (χ3v) is 7.93. The largest absolute Gasteiger partial charge is 0.491 e. The number of carbonyl (C=O) groups is 1. The van der Waals surface area contributed by atoms with Crippen molar-refractivity contribution in [3.05, 3.63) is 29.8 Å². The van der Waals surface area contributed by atoms with Gasteiger partial charge in [0, 0.05) is 0 Å². The van der Waals surface area contributed by atoms with Crippen LogP contribution in [-0.4, -0.2) is 112 Å². The fourth-order valence-electron chi connectivity index (χ4n) is 4.94. The van der Waals surface area contributed by atoms with Crippen LogP contribution < -0.4 is 4.74 Å². The molecule has 0 bridgehead atoms. The zero-order valence-corrected chi connectivity index (χ0v) is 31.3. The van der Waals surface area contributed by atoms with Crippen LogP contribution in [0, 0.1) is 5.92 Å². The highest BCUT2D eigenvalue weighted by Crippen LogP contribution is 2.16. The third-order valence-electron chi connectivity index (χ3n) is 7.93. The number of carbonyl (C=O) groups excluding carboxylic acids is 1. The summed E-state index contributed by atoms with van der Waals surface area (Å²) < 4.78 is 49.7. The van der Waals surface area contributed by atoms with Gasteiger partial charge in [-0.25, -0.2) is 0 Å². The van der Waals surface area contributed by atoms with Crippen molar-refractivity contribution < 1.29 is 47.4 Å². The lowest BCUT2D eigenvalue weighted by Gasteiger charge is -2.13. The van der Waals surface area contributed by atoms with Gasteiger partial charge >= 0.3 is 5.97 Å². The van der Waals surface area contributed by atoms with Crippen molar-refractivity contribution in [2.45, 2.75) is 97.8 Å². The Hall–Kier alpha value is -1.79. The topological polar surface area (TPSA) is 100 Å². The normalized spacial score (nSPS) is 12.0. The molecule has 10 heteroatoms. The van der Waals surface area contributed by atoms with Crippen molar-refractivity contribution in [2.24, 2.45) is 5.92 Å². The highest BCUT2D eigenvalue weighted by molar-refractivity contribution is 5.72. The summed E-state index contributed by atoms with van der Waals surface area (Å²) in [4.78, 5) is 12.0. The SMILES string of the molecule is CCCCCCCCCc1ccc(OCCOCCOCCOCCOCCOCCOCCOCCOC(=O)C(CC)CCCC)cc1. The van der Waals surface area contributed by atoms with Crippen molar-refractivity contribution in [1.29, 1.82) is 0 Å². The predicted octanol–water partition coefficient (Wildman–Crippen LogP) is 7.23. The fraction of sp³-hybridized carbons (Fsp3) is 0.821. The molecule has 10 nitrogen and oxygen atoms in total. The number of esters is 1. The number of unbranched alkanes of at least 4 members (excludes halogenated alkanes) is 7. The second-order valence-electron chi connectivity index (χ2n) is 12.1. The van der Waals surface area contributed by atoms with E-state index in [9.17, 15) is 4.79 Å². The first-order valence-corrected chi connectivity index (χ1v) is 19.1. The first kappa shape index (κ1) is 45.2. The predicted molar refractivity (Wildman–Crippen MR) is 194 cm³/mol. The number of hydrogen-bond acceptors (Lipinski definition) is 10. The van der Waals surface area contributed by atoms with Crippen LogP contribution in [0.4, 0.5) is 0 Å². The summed E-state index contributed by atoms with van der Waals surface area (Å²) in [7, 11) is 0. The standard InChI is InChI=1S/C39H70O10/c1-4-7-9-10-11-12-13-14-36-16-18-38(19-17-36)48-34-32-46-30-28-44-26-24-42-22-20-41-21-23-43-25-27-45-29-31-47-33-35-49-39(40)37(6-3)15-8-5-2/h16-19,37H,4-15,20-35H2,1-3H3. The summed E-state index contributed by atoms with van der Waals surface area (Å²) in [5.41, 5.74) is 1.38. The van der Waals surface area contributed by atoms with Crippen LogP contribution >= 0.6 is 0 Å². The van der Waals surface area contributed by atoms with Crippen LogP contribution in [0.15, 0.2) is 24.3 Å². The van der Waals surface area contributed by atoms with E-state index in [1.54, 1.807) is 0 Å². The molecule has 0 amide bonds. The number of benzene rings is 1. The molecule has 1 atom stereocenters. The minimum atomic E-state index is -0.115. The van der Waals surface area contributed by atoms with Gasteiger partial charge in [-0.05, 0) is 43.4 Å². The van der Waals surface area contributed by atoms with E-state index < -0.39 is 0 Å². The summed E-state index contributed by atoms with van der Waals surface area (Å²) in [6.45, 7) is 14.2. The Bertz CT molecular complexity index is 823. The molecule has 0 saturated heterocycles. The molecule has 0 N–H and O–H groups in total. The maximum atomic E-state index is 12.0. The molecule has 1 aromatic rings. The van der Waals surface area contributed by atoms with Crippen LogP contribution in [0.1, 0.15) is 97.0 Å². The maximum absolute atomic E-state index is 12.0. The average molecular weight is 699 g/mol. The second-order valence-corrected chi connectivity index (χ2v) is 12.1. The van der Waals surface area contributed by atoms with Gasteiger partial charge in [-0.15, -0.1) is 0 Å². The Morgan fingerprint density at radius 2 is 0.898 bits per heavy atom. The van der Waals surface area contributed by atoms with Gasteiger partial charge in [0.1, 0.15) is 19.0 Å². The Kier molecular flexibility index (Phi) is 33.2. The van der Waals surface area contributed by atoms with E-state index in [0.717, 1.165) is 37.9 Å². The van der Waals surface area contributed by atoms with Gasteiger partial charge < -0.3 is 42.6 Å². The molecule has 49 heavy (non-hydrogen) atoms. The molecule has 0 heterocycles. The zero-order valence-electron chi connectivity index (χ0n) is 31.3. The Balaban J connectivity index is 1.75. The van der Waals surface area contributed by atoms with Gasteiger partial charge in [0.15, 0.2) is 0 Å². The molecular formula is C39H70O10. The Labute approximate surface area is 298 Å². The van der Waals surface area contributed by atoms with E-state index >= 15 is 0 Å². The van der Waals surface area contributed by atoms with Gasteiger partial charge in [0.05, 0.1) is 98.4 Å². The molecule has 286 valence electrons. The van der Waals surface area contributed by atoms with E-state index in [-0.39, 0.29) is 18.5 Å². The van der Waals surface area contributed by atoms with Gasteiger partial charge in [-0.1, -0.05) is 84.3 Å². The van der Waals surface area contributed by atoms with E-state index in [1.807, 2.05) is 6.92 Å². The van der Waals surface area contributed by atoms with E-state index in [1.165, 1.54) is 50.5 Å². The molecule has 0 radical (unpaired) electrons. The van der Waals surface area contributed by atoms with E-state index in [2.05, 4.69) is 38.1 Å². The van der Waals surface area contributed by atoms with Crippen LogP contribution in [0.2, 0.25) is 0 Å². The Morgan fingerprint density at radius 1 is 0.490 bits per heavy atom. The Morgan fingerprint density at radius 3 is 1.35 bits per heavy atom. The molecule has 0 aliphatic heterocycles. The van der Waals surface area contributed by atoms with Crippen LogP contribution in [0.25, 0.3) is 0 Å². The van der Waals surface area contributed by atoms with Gasteiger partial charge in [-0.2, -0.15) is 0 Å². The molecule has 1 aromatic carbocycles. The molecule has 0 aromatic heterocycles. The first-order chi connectivity index (χ1) is 24.2. The summed E-state index contributed by atoms with van der Waals surface area (Å²) in [6.07, 6.45) is 14.4. The molecular weight excluding hydrogens is 628 g/mol. The summed E-state index contributed by atoms with van der Waals surface area (Å²) >= 11 is 0. The van der Waals surface area contributed by atoms with Crippen LogP contribution in [0.5, 0.6) is 5.75 Å². The molecule has 1 rings (SSSR count). The summed E-state index contributed by atoms with van der Waals surface area (Å²) in [6, 6.07) is 8.45. The van der Waals surface area contributed by atoms with E-state index in [0.29, 0.717) is 99.1 Å². The molecule has 0 spiro atoms. The highest BCUT2D eigenvalue weighted by Gasteiger charge is 2.16. The number of ether oxygens (including phenoxy) is 9. The lowest BCUT2D eigenvalue weighted by Crippen LogP contribution is -2.20. The smallest absolute Gasteiger partial charge is 0.308 e. The fourth-order valence-corrected chi connectivity index (χ4v) is 4.94. The van der Waals surface area contributed by atoms with Gasteiger partial charge in [0.25, 0.3) is 0 Å². The van der Waals surface area contributed by atoms with Crippen LogP contribution in [-0.2, 0) is 49.1 Å². The number of aryl methyl sites for hydroxylation is 1. The summed E-state index contributed by atoms with van der Waals surface area (Å²) in [5, 5.41) is 0. The molecule has 0 aliphatic carbocycles. The zero-order chi connectivity index (χ0) is 35.3. The van der Waals surface area contributed by atoms with Crippen molar-refractivity contribution in [3.63, 3.8) is 0 Å². The van der Waals surface area contributed by atoms with Gasteiger partial charge in [0.2, 0.25) is 0 Å². The highest BCUT2D eigenvalue weighted by atomic mass is 16.6. The summed E-state index contributed by atoms with van der Waals surface area (Å²) in [5.74, 6) is 0.770. The molecule has 0 aliphatic rings. The van der Waals surface area contributed by atoms with Gasteiger partial charge in [-0.3, -0.25) is 4.79 Å². The number of rotatable bonds is 38. The van der Waals surface area contributed by atoms with Crippen molar-refractivity contribution in [3.8, 4) is 5.75 Å². The van der Waals surface area contributed by atoms with Crippen molar-refractivity contribution in [1.82, 2.24) is 0 Å². The minimum absolute atomic E-state index is 0.000101. The monoisotopic (exact) mass is 698 g/mol. The number of hydrogen-bond donors (Lipinski definition) is 0. The molecule has 1 unspecified atom stereocenters. The van der Waals surface area contributed by atoms with Crippen LogP contribution in [0.3, 0.4) is 0 Å². The molecule has 0 saturated carbocycles.